The van der Waals surface area contributed by atoms with Gasteiger partial charge in [-0.25, -0.2) is 0 Å². The Bertz CT molecular complexity index is 945. The van der Waals surface area contributed by atoms with Crippen molar-refractivity contribution in [3.63, 3.8) is 0 Å². The van der Waals surface area contributed by atoms with E-state index in [0.29, 0.717) is 12.0 Å². The van der Waals surface area contributed by atoms with E-state index in [1.54, 1.807) is 6.20 Å². The molecule has 0 bridgehead atoms. The Labute approximate surface area is 146 Å². The van der Waals surface area contributed by atoms with Gasteiger partial charge in [0, 0.05) is 29.5 Å². The first-order chi connectivity index (χ1) is 12.3. The molecule has 5 rings (SSSR count). The van der Waals surface area contributed by atoms with E-state index in [9.17, 15) is 4.79 Å². The average Bonchev–Trinajstić information content (AvgIpc) is 3.14. The molecule has 1 unspecified atom stereocenters. The van der Waals surface area contributed by atoms with Crippen LogP contribution in [-0.2, 0) is 6.42 Å². The number of aryl methyl sites for hydroxylation is 1. The third kappa shape index (κ3) is 2.36. The van der Waals surface area contributed by atoms with Gasteiger partial charge in [0.2, 0.25) is 0 Å². The maximum absolute atomic E-state index is 13.2. The van der Waals surface area contributed by atoms with E-state index in [1.807, 2.05) is 18.2 Å². The van der Waals surface area contributed by atoms with Crippen molar-refractivity contribution in [1.82, 2.24) is 15.1 Å². The van der Waals surface area contributed by atoms with Gasteiger partial charge in [0.15, 0.2) is 0 Å². The lowest BCUT2D eigenvalue weighted by atomic mass is 9.74. The Balaban J connectivity index is 1.48. The Morgan fingerprint density at radius 2 is 2.08 bits per heavy atom. The Kier molecular flexibility index (Phi) is 3.37. The molecule has 25 heavy (non-hydrogen) atoms. The average molecular weight is 331 g/mol. The summed E-state index contributed by atoms with van der Waals surface area (Å²) in [7, 11) is 0. The van der Waals surface area contributed by atoms with Gasteiger partial charge >= 0.3 is 0 Å². The van der Waals surface area contributed by atoms with Crippen molar-refractivity contribution < 1.29 is 4.79 Å². The second kappa shape index (κ2) is 5.73. The highest BCUT2D eigenvalue weighted by Crippen LogP contribution is 2.41. The fourth-order valence-electron chi connectivity index (χ4n) is 4.70. The van der Waals surface area contributed by atoms with Crippen molar-refractivity contribution in [3.05, 3.63) is 65.4 Å². The second-order valence-electron chi connectivity index (χ2n) is 7.22. The van der Waals surface area contributed by atoms with Crippen LogP contribution in [0.1, 0.15) is 46.7 Å². The van der Waals surface area contributed by atoms with Crippen molar-refractivity contribution in [1.29, 1.82) is 0 Å². The van der Waals surface area contributed by atoms with Gasteiger partial charge in [0.25, 0.3) is 5.91 Å². The first kappa shape index (κ1) is 14.7. The van der Waals surface area contributed by atoms with Gasteiger partial charge in [-0.15, -0.1) is 0 Å². The largest absolute Gasteiger partial charge is 0.335 e. The normalized spacial score (nSPS) is 22.5. The predicted octanol–water partition coefficient (Wildman–Crippen LogP) is 3.90. The highest BCUT2D eigenvalue weighted by Gasteiger charge is 2.38. The molecule has 1 amide bonds. The van der Waals surface area contributed by atoms with Crippen molar-refractivity contribution in [2.24, 2.45) is 0 Å². The van der Waals surface area contributed by atoms with Crippen LogP contribution < -0.4 is 0 Å². The molecule has 4 heteroatoms. The van der Waals surface area contributed by atoms with Gasteiger partial charge in [-0.2, -0.15) is 5.10 Å². The Hall–Kier alpha value is -2.62. The molecule has 1 N–H and O–H groups in total. The number of benzene rings is 2. The molecule has 2 heterocycles. The van der Waals surface area contributed by atoms with Crippen LogP contribution in [-0.4, -0.2) is 33.6 Å². The van der Waals surface area contributed by atoms with Crippen LogP contribution >= 0.6 is 0 Å². The van der Waals surface area contributed by atoms with Gasteiger partial charge in [-0.05, 0) is 55.0 Å². The maximum atomic E-state index is 13.2. The number of piperidine rings is 1. The number of fused-ring (bicyclic) bond motifs is 4. The molecule has 2 aromatic carbocycles. The van der Waals surface area contributed by atoms with Crippen molar-refractivity contribution in [3.8, 4) is 0 Å². The number of rotatable bonds is 1. The molecule has 1 saturated heterocycles. The van der Waals surface area contributed by atoms with E-state index in [-0.39, 0.29) is 5.91 Å². The number of nitrogens with zero attached hydrogens (tertiary/aromatic N) is 2. The minimum atomic E-state index is 0.164. The lowest BCUT2D eigenvalue weighted by Crippen LogP contribution is -2.49. The molecule has 4 nitrogen and oxygen atoms in total. The van der Waals surface area contributed by atoms with E-state index in [1.165, 1.54) is 17.5 Å². The zero-order valence-corrected chi connectivity index (χ0v) is 14.1. The number of amides is 1. The van der Waals surface area contributed by atoms with Crippen molar-refractivity contribution in [2.75, 3.05) is 6.54 Å². The highest BCUT2D eigenvalue weighted by molar-refractivity contribution is 5.98. The van der Waals surface area contributed by atoms with Crippen molar-refractivity contribution >= 4 is 16.8 Å². The monoisotopic (exact) mass is 331 g/mol. The van der Waals surface area contributed by atoms with Crippen LogP contribution in [0.15, 0.2) is 48.7 Å². The van der Waals surface area contributed by atoms with E-state index in [4.69, 9.17) is 0 Å². The molecule has 2 aliphatic rings. The molecule has 1 aliphatic carbocycles. The lowest BCUT2D eigenvalue weighted by molar-refractivity contribution is 0.0547. The van der Waals surface area contributed by atoms with Crippen molar-refractivity contribution in [2.45, 2.75) is 37.6 Å². The molecular formula is C21H21N3O. The Morgan fingerprint density at radius 3 is 3.04 bits per heavy atom. The molecule has 3 aromatic rings. The molecule has 0 radical (unpaired) electrons. The number of carbonyl (C=O) groups is 1. The summed E-state index contributed by atoms with van der Waals surface area (Å²) >= 11 is 0. The fourth-order valence-corrected chi connectivity index (χ4v) is 4.70. The molecular weight excluding hydrogens is 310 g/mol. The minimum Gasteiger partial charge on any atom is -0.335 e. The predicted molar refractivity (Wildman–Crippen MR) is 97.7 cm³/mol. The summed E-state index contributed by atoms with van der Waals surface area (Å²) in [6.45, 7) is 0.867. The number of H-pyrrole nitrogens is 1. The summed E-state index contributed by atoms with van der Waals surface area (Å²) in [6.07, 6.45) is 6.19. The van der Waals surface area contributed by atoms with Gasteiger partial charge in [0.1, 0.15) is 0 Å². The summed E-state index contributed by atoms with van der Waals surface area (Å²) in [6, 6.07) is 14.9. The van der Waals surface area contributed by atoms with E-state index >= 15 is 0 Å². The maximum Gasteiger partial charge on any atom is 0.254 e. The van der Waals surface area contributed by atoms with E-state index < -0.39 is 0 Å². The SMILES string of the molecule is O=C(c1ccc2[nH]ncc2c1)N1CCCC2c3ccccc3CC[C@@H]21. The van der Waals surface area contributed by atoms with Crippen LogP contribution in [0.2, 0.25) is 0 Å². The number of hydrogen-bond acceptors (Lipinski definition) is 2. The van der Waals surface area contributed by atoms with Crippen LogP contribution in [0.25, 0.3) is 10.9 Å². The molecule has 0 spiro atoms. The summed E-state index contributed by atoms with van der Waals surface area (Å²) < 4.78 is 0. The summed E-state index contributed by atoms with van der Waals surface area (Å²) in [5.74, 6) is 0.650. The van der Waals surface area contributed by atoms with Crippen LogP contribution in [0, 0.1) is 0 Å². The smallest absolute Gasteiger partial charge is 0.254 e. The molecule has 1 fully saturated rings. The quantitative estimate of drug-likeness (QED) is 0.735. The Morgan fingerprint density at radius 1 is 1.16 bits per heavy atom. The third-order valence-corrected chi connectivity index (χ3v) is 5.89. The number of aromatic amines is 1. The fraction of sp³-hybridized carbons (Fsp3) is 0.333. The summed E-state index contributed by atoms with van der Waals surface area (Å²) in [5, 5.41) is 8.00. The molecule has 126 valence electrons. The second-order valence-corrected chi connectivity index (χ2v) is 7.22. The highest BCUT2D eigenvalue weighted by atomic mass is 16.2. The lowest BCUT2D eigenvalue weighted by Gasteiger charge is -2.45. The number of carbonyl (C=O) groups excluding carboxylic acids is 1. The molecule has 0 saturated carbocycles. The molecule has 1 aromatic heterocycles. The van der Waals surface area contributed by atoms with Gasteiger partial charge < -0.3 is 4.90 Å². The number of aromatic nitrogens is 2. The zero-order chi connectivity index (χ0) is 16.8. The van der Waals surface area contributed by atoms with Gasteiger partial charge in [-0.1, -0.05) is 24.3 Å². The van der Waals surface area contributed by atoms with Crippen LogP contribution in [0.5, 0.6) is 0 Å². The van der Waals surface area contributed by atoms with Gasteiger partial charge in [-0.3, -0.25) is 9.89 Å². The number of nitrogens with one attached hydrogen (secondary N) is 1. The molecule has 1 aliphatic heterocycles. The summed E-state index contributed by atoms with van der Waals surface area (Å²) in [5.41, 5.74) is 4.67. The van der Waals surface area contributed by atoms with E-state index in [0.717, 1.165) is 42.3 Å². The van der Waals surface area contributed by atoms with Crippen LogP contribution in [0.4, 0.5) is 0 Å². The zero-order valence-electron chi connectivity index (χ0n) is 14.1. The molecule has 2 atom stereocenters. The number of likely N-dealkylation sites (tertiary alicyclic amines) is 1. The van der Waals surface area contributed by atoms with E-state index in [2.05, 4.69) is 39.4 Å². The third-order valence-electron chi connectivity index (χ3n) is 5.89. The number of hydrogen-bond donors (Lipinski definition) is 1. The first-order valence-corrected chi connectivity index (χ1v) is 9.13. The van der Waals surface area contributed by atoms with Gasteiger partial charge in [0.05, 0.1) is 11.7 Å². The summed E-state index contributed by atoms with van der Waals surface area (Å²) in [4.78, 5) is 15.4. The minimum absolute atomic E-state index is 0.164. The standard InChI is InChI=1S/C21H21N3O/c25-21(15-7-9-19-16(12-15)13-22-23-19)24-11-3-6-18-17-5-2-1-4-14(17)8-10-20(18)24/h1-2,4-5,7,9,12-13,18,20H,3,6,8,10-11H2,(H,22,23)/t18?,20-/m0/s1. The topological polar surface area (TPSA) is 49.0 Å². The first-order valence-electron chi connectivity index (χ1n) is 9.13. The van der Waals surface area contributed by atoms with Crippen LogP contribution in [0.3, 0.4) is 0 Å².